The number of ether oxygens (including phenoxy) is 2. The molecule has 0 spiro atoms. The third-order valence-corrected chi connectivity index (χ3v) is 1.50. The molecule has 0 aliphatic heterocycles. The van der Waals surface area contributed by atoms with Gasteiger partial charge in [0, 0.05) is 0 Å². The van der Waals surface area contributed by atoms with Crippen LogP contribution in [0.4, 0.5) is 4.39 Å². The van der Waals surface area contributed by atoms with E-state index in [1.165, 1.54) is 0 Å². The second kappa shape index (κ2) is 5.45. The van der Waals surface area contributed by atoms with Gasteiger partial charge in [-0.15, -0.1) is 0 Å². The first-order valence-corrected chi connectivity index (χ1v) is 4.47. The molecule has 0 aromatic carbocycles. The van der Waals surface area contributed by atoms with Crippen molar-refractivity contribution in [2.75, 3.05) is 13.2 Å². The first kappa shape index (κ1) is 11.6. The SMILES string of the molecule is CCOC(=O)COc1nc(Cl)ncc1F. The summed E-state index contributed by atoms with van der Waals surface area (Å²) in [6, 6.07) is 0. The van der Waals surface area contributed by atoms with E-state index in [4.69, 9.17) is 16.3 Å². The quantitative estimate of drug-likeness (QED) is 0.579. The highest BCUT2D eigenvalue weighted by atomic mass is 35.5. The number of rotatable bonds is 4. The third-order valence-electron chi connectivity index (χ3n) is 1.31. The van der Waals surface area contributed by atoms with E-state index in [-0.39, 0.29) is 17.8 Å². The summed E-state index contributed by atoms with van der Waals surface area (Å²) >= 11 is 5.41. The topological polar surface area (TPSA) is 61.3 Å². The predicted octanol–water partition coefficient (Wildman–Crippen LogP) is 1.21. The molecule has 0 aliphatic carbocycles. The van der Waals surface area contributed by atoms with Gasteiger partial charge in [0.2, 0.25) is 11.1 Å². The molecule has 1 heterocycles. The Kier molecular flexibility index (Phi) is 4.23. The summed E-state index contributed by atoms with van der Waals surface area (Å²) in [5.41, 5.74) is 0. The average molecular weight is 235 g/mol. The molecule has 1 rings (SSSR count). The molecule has 0 atom stereocenters. The van der Waals surface area contributed by atoms with Gasteiger partial charge in [-0.05, 0) is 18.5 Å². The van der Waals surface area contributed by atoms with Gasteiger partial charge >= 0.3 is 5.97 Å². The molecular formula is C8H8ClFN2O3. The van der Waals surface area contributed by atoms with Crippen LogP contribution in [0.5, 0.6) is 5.88 Å². The Labute approximate surface area is 90.2 Å². The largest absolute Gasteiger partial charge is 0.463 e. The Morgan fingerprint density at radius 2 is 2.40 bits per heavy atom. The standard InChI is InChI=1S/C8H8ClFN2O3/c1-2-14-6(13)4-15-7-5(10)3-11-8(9)12-7/h3H,2,4H2,1H3. The fraction of sp³-hybridized carbons (Fsp3) is 0.375. The highest BCUT2D eigenvalue weighted by Crippen LogP contribution is 2.14. The van der Waals surface area contributed by atoms with Crippen LogP contribution in [0, 0.1) is 5.82 Å². The van der Waals surface area contributed by atoms with Crippen LogP contribution in [0.15, 0.2) is 6.20 Å². The molecule has 1 aromatic heterocycles. The van der Waals surface area contributed by atoms with E-state index in [0.717, 1.165) is 6.20 Å². The summed E-state index contributed by atoms with van der Waals surface area (Å²) < 4.78 is 22.3. The van der Waals surface area contributed by atoms with Crippen LogP contribution in [0.2, 0.25) is 5.28 Å². The van der Waals surface area contributed by atoms with Crippen molar-refractivity contribution in [2.45, 2.75) is 6.92 Å². The summed E-state index contributed by atoms with van der Waals surface area (Å²) in [7, 11) is 0. The zero-order chi connectivity index (χ0) is 11.3. The van der Waals surface area contributed by atoms with E-state index in [0.29, 0.717) is 0 Å². The summed E-state index contributed by atoms with van der Waals surface area (Å²) in [6.07, 6.45) is 0.857. The minimum atomic E-state index is -0.788. The number of halogens is 2. The van der Waals surface area contributed by atoms with Crippen molar-refractivity contribution in [3.8, 4) is 5.88 Å². The maximum absolute atomic E-state index is 12.9. The third kappa shape index (κ3) is 3.67. The van der Waals surface area contributed by atoms with Gasteiger partial charge in [-0.25, -0.2) is 9.78 Å². The summed E-state index contributed by atoms with van der Waals surface area (Å²) in [6.45, 7) is 1.47. The molecule has 7 heteroatoms. The maximum Gasteiger partial charge on any atom is 0.344 e. The molecule has 0 N–H and O–H groups in total. The van der Waals surface area contributed by atoms with Crippen molar-refractivity contribution >= 4 is 17.6 Å². The van der Waals surface area contributed by atoms with Crippen molar-refractivity contribution in [1.82, 2.24) is 9.97 Å². The Balaban J connectivity index is 2.57. The first-order chi connectivity index (χ1) is 7.13. The van der Waals surface area contributed by atoms with Gasteiger partial charge in [0.25, 0.3) is 5.88 Å². The Hall–Kier alpha value is -1.43. The predicted molar refractivity (Wildman–Crippen MR) is 49.1 cm³/mol. The summed E-state index contributed by atoms with van der Waals surface area (Å²) in [5.74, 6) is -1.77. The molecule has 5 nitrogen and oxygen atoms in total. The van der Waals surface area contributed by atoms with Crippen LogP contribution in [0.1, 0.15) is 6.92 Å². The zero-order valence-electron chi connectivity index (χ0n) is 7.87. The smallest absolute Gasteiger partial charge is 0.344 e. The average Bonchev–Trinajstić information content (AvgIpc) is 2.20. The van der Waals surface area contributed by atoms with E-state index in [1.807, 2.05) is 0 Å². The minimum absolute atomic E-state index is 0.157. The lowest BCUT2D eigenvalue weighted by Crippen LogP contribution is -2.15. The van der Waals surface area contributed by atoms with Crippen LogP contribution in [-0.4, -0.2) is 29.2 Å². The Morgan fingerprint density at radius 3 is 3.07 bits per heavy atom. The molecule has 82 valence electrons. The normalized spacial score (nSPS) is 9.80. The van der Waals surface area contributed by atoms with Gasteiger partial charge in [0.1, 0.15) is 0 Å². The van der Waals surface area contributed by atoms with E-state index < -0.39 is 18.4 Å². The van der Waals surface area contributed by atoms with Crippen LogP contribution < -0.4 is 4.74 Å². The number of nitrogens with zero attached hydrogens (tertiary/aromatic N) is 2. The molecule has 0 aliphatic rings. The van der Waals surface area contributed by atoms with E-state index in [2.05, 4.69) is 14.7 Å². The van der Waals surface area contributed by atoms with Gasteiger partial charge in [-0.1, -0.05) is 0 Å². The molecule has 0 saturated carbocycles. The van der Waals surface area contributed by atoms with Gasteiger partial charge in [0.05, 0.1) is 12.8 Å². The lowest BCUT2D eigenvalue weighted by Gasteiger charge is -2.05. The monoisotopic (exact) mass is 234 g/mol. The molecule has 0 amide bonds. The molecule has 15 heavy (non-hydrogen) atoms. The Bertz CT molecular complexity index is 362. The van der Waals surface area contributed by atoms with E-state index >= 15 is 0 Å². The molecule has 0 saturated heterocycles. The van der Waals surface area contributed by atoms with Crippen LogP contribution in [-0.2, 0) is 9.53 Å². The van der Waals surface area contributed by atoms with E-state index in [1.54, 1.807) is 6.92 Å². The lowest BCUT2D eigenvalue weighted by molar-refractivity contribution is -0.145. The Morgan fingerprint density at radius 1 is 1.67 bits per heavy atom. The highest BCUT2D eigenvalue weighted by molar-refractivity contribution is 6.28. The van der Waals surface area contributed by atoms with Crippen LogP contribution >= 0.6 is 11.6 Å². The fourth-order valence-electron chi connectivity index (χ4n) is 0.762. The van der Waals surface area contributed by atoms with Gasteiger partial charge in [-0.3, -0.25) is 0 Å². The molecule has 0 unspecified atom stereocenters. The van der Waals surface area contributed by atoms with Crippen LogP contribution in [0.25, 0.3) is 0 Å². The number of aromatic nitrogens is 2. The van der Waals surface area contributed by atoms with Gasteiger partial charge in [0.15, 0.2) is 6.61 Å². The number of carbonyl (C=O) groups excluding carboxylic acids is 1. The second-order valence-corrected chi connectivity index (χ2v) is 2.72. The van der Waals surface area contributed by atoms with Gasteiger partial charge < -0.3 is 9.47 Å². The van der Waals surface area contributed by atoms with Crippen molar-refractivity contribution in [1.29, 1.82) is 0 Å². The number of carbonyl (C=O) groups is 1. The lowest BCUT2D eigenvalue weighted by atomic mass is 10.6. The molecule has 0 radical (unpaired) electrons. The number of hydrogen-bond acceptors (Lipinski definition) is 5. The molecule has 0 bridgehead atoms. The maximum atomic E-state index is 12.9. The van der Waals surface area contributed by atoms with Gasteiger partial charge in [-0.2, -0.15) is 9.37 Å². The fourth-order valence-corrected chi connectivity index (χ4v) is 0.888. The van der Waals surface area contributed by atoms with Crippen molar-refractivity contribution in [3.63, 3.8) is 0 Å². The van der Waals surface area contributed by atoms with Crippen molar-refractivity contribution in [2.24, 2.45) is 0 Å². The van der Waals surface area contributed by atoms with Crippen molar-refractivity contribution < 1.29 is 18.7 Å². The van der Waals surface area contributed by atoms with Crippen molar-refractivity contribution in [3.05, 3.63) is 17.3 Å². The van der Waals surface area contributed by atoms with Crippen LogP contribution in [0.3, 0.4) is 0 Å². The first-order valence-electron chi connectivity index (χ1n) is 4.10. The zero-order valence-corrected chi connectivity index (χ0v) is 8.62. The highest BCUT2D eigenvalue weighted by Gasteiger charge is 2.10. The number of esters is 1. The molecular weight excluding hydrogens is 227 g/mol. The second-order valence-electron chi connectivity index (χ2n) is 2.39. The number of hydrogen-bond donors (Lipinski definition) is 0. The molecule has 0 fully saturated rings. The summed E-state index contributed by atoms with van der Waals surface area (Å²) in [4.78, 5) is 17.7. The molecule has 1 aromatic rings. The van der Waals surface area contributed by atoms with E-state index in [9.17, 15) is 9.18 Å². The summed E-state index contributed by atoms with van der Waals surface area (Å²) in [5, 5.41) is -0.157. The minimum Gasteiger partial charge on any atom is -0.463 e.